The summed E-state index contributed by atoms with van der Waals surface area (Å²) in [5, 5.41) is 18.2. The van der Waals surface area contributed by atoms with Gasteiger partial charge in [-0.05, 0) is 23.1 Å². The third kappa shape index (κ3) is 5.60. The Morgan fingerprint density at radius 3 is 2.33 bits per heavy atom. The van der Waals surface area contributed by atoms with Crippen molar-refractivity contribution < 1.29 is 24.5 Å². The molecule has 2 atom stereocenters. The fourth-order valence-electron chi connectivity index (χ4n) is 2.62. The Morgan fingerprint density at radius 1 is 1.04 bits per heavy atom. The van der Waals surface area contributed by atoms with E-state index in [1.807, 2.05) is 54.6 Å². The molecule has 5 nitrogen and oxygen atoms in total. The van der Waals surface area contributed by atoms with Gasteiger partial charge in [0.15, 0.2) is 0 Å². The smallest absolute Gasteiger partial charge is 0.305 e. The van der Waals surface area contributed by atoms with Crippen LogP contribution in [0, 0.1) is 0 Å². The van der Waals surface area contributed by atoms with Gasteiger partial charge in [0.05, 0.1) is 18.7 Å². The zero-order chi connectivity index (χ0) is 17.6. The summed E-state index contributed by atoms with van der Waals surface area (Å²) < 4.78 is 12.2. The van der Waals surface area contributed by atoms with Gasteiger partial charge in [-0.15, -0.1) is 0 Å². The second-order valence-corrected chi connectivity index (χ2v) is 8.28. The van der Waals surface area contributed by atoms with Crippen molar-refractivity contribution in [1.29, 1.82) is 0 Å². The van der Waals surface area contributed by atoms with Gasteiger partial charge < -0.3 is 15.1 Å². The van der Waals surface area contributed by atoms with Crippen LogP contribution in [0.15, 0.2) is 54.6 Å². The Hall–Kier alpha value is -1.94. The van der Waals surface area contributed by atoms with Gasteiger partial charge in [-0.1, -0.05) is 54.6 Å². The normalized spacial score (nSPS) is 14.8. The van der Waals surface area contributed by atoms with E-state index in [0.29, 0.717) is 6.42 Å². The molecule has 2 aromatic carbocycles. The number of carbonyl (C=O) groups is 1. The molecule has 0 radical (unpaired) electrons. The molecular weight excluding hydrogens is 327 g/mol. The Bertz CT molecular complexity index is 729. The lowest BCUT2D eigenvalue weighted by Crippen LogP contribution is -2.18. The lowest BCUT2D eigenvalue weighted by Gasteiger charge is -2.16. The molecule has 0 amide bonds. The van der Waals surface area contributed by atoms with Crippen molar-refractivity contribution in [3.63, 3.8) is 0 Å². The Labute approximate surface area is 141 Å². The second kappa shape index (κ2) is 8.25. The van der Waals surface area contributed by atoms with Crippen LogP contribution in [-0.4, -0.2) is 39.5 Å². The Balaban J connectivity index is 2.07. The number of benzene rings is 2. The average molecular weight is 348 g/mol. The zero-order valence-electron chi connectivity index (χ0n) is 13.2. The van der Waals surface area contributed by atoms with Crippen LogP contribution < -0.4 is 0 Å². The summed E-state index contributed by atoms with van der Waals surface area (Å²) in [6, 6.07) is 17.4. The van der Waals surface area contributed by atoms with Gasteiger partial charge in [-0.25, -0.2) is 0 Å². The van der Waals surface area contributed by atoms with Crippen LogP contribution in [0.5, 0.6) is 0 Å². The number of aliphatic hydroxyl groups excluding tert-OH is 1. The molecule has 0 saturated carbocycles. The first-order valence-corrected chi connectivity index (χ1v) is 9.74. The first-order valence-electron chi connectivity index (χ1n) is 7.71. The summed E-state index contributed by atoms with van der Waals surface area (Å²) in [6.45, 7) is 0. The van der Waals surface area contributed by atoms with Crippen molar-refractivity contribution in [2.75, 3.05) is 12.3 Å². The van der Waals surface area contributed by atoms with Gasteiger partial charge in [0.2, 0.25) is 7.37 Å². The van der Waals surface area contributed by atoms with E-state index in [0.717, 1.165) is 16.7 Å². The van der Waals surface area contributed by atoms with Crippen molar-refractivity contribution >= 4 is 13.3 Å². The van der Waals surface area contributed by atoms with Gasteiger partial charge in [0, 0.05) is 6.16 Å². The van der Waals surface area contributed by atoms with E-state index in [-0.39, 0.29) is 6.16 Å². The summed E-state index contributed by atoms with van der Waals surface area (Å²) in [4.78, 5) is 20.6. The molecule has 6 heteroatoms. The van der Waals surface area contributed by atoms with Gasteiger partial charge in [-0.3, -0.25) is 9.36 Å². The number of rotatable bonds is 8. The van der Waals surface area contributed by atoms with Crippen LogP contribution in [0.1, 0.15) is 12.0 Å². The number of carboxylic acid groups (broad SMARTS) is 1. The van der Waals surface area contributed by atoms with Crippen molar-refractivity contribution in [3.8, 4) is 11.1 Å². The van der Waals surface area contributed by atoms with Crippen LogP contribution in [0.2, 0.25) is 0 Å². The summed E-state index contributed by atoms with van der Waals surface area (Å²) >= 11 is 0. The van der Waals surface area contributed by atoms with Crippen molar-refractivity contribution in [1.82, 2.24) is 0 Å². The predicted molar refractivity (Wildman–Crippen MR) is 93.4 cm³/mol. The van der Waals surface area contributed by atoms with Gasteiger partial charge in [0.25, 0.3) is 0 Å². The standard InChI is InChI=1S/C18H21O5P/c19-16(12-18(20)21)13-24(22,23)11-10-15-8-4-5-9-17(15)14-6-2-1-3-7-14/h1-9,16,19H,10-13H2,(H,20,21)(H,22,23)/t16-/m0/s1. The molecule has 2 rings (SSSR count). The minimum atomic E-state index is -3.60. The lowest BCUT2D eigenvalue weighted by molar-refractivity contribution is -0.138. The largest absolute Gasteiger partial charge is 0.481 e. The fraction of sp³-hybridized carbons (Fsp3) is 0.278. The molecular formula is C18H21O5P. The van der Waals surface area contributed by atoms with Gasteiger partial charge in [-0.2, -0.15) is 0 Å². The maximum atomic E-state index is 12.2. The quantitative estimate of drug-likeness (QED) is 0.638. The SMILES string of the molecule is O=C(O)C[C@H](O)CP(=O)(O)CCc1ccccc1-c1ccccc1. The average Bonchev–Trinajstić information content (AvgIpc) is 2.53. The number of hydrogen-bond donors (Lipinski definition) is 3. The van der Waals surface area contributed by atoms with E-state index < -0.39 is 32.0 Å². The van der Waals surface area contributed by atoms with Crippen LogP contribution in [0.3, 0.4) is 0 Å². The first-order chi connectivity index (χ1) is 11.4. The number of aliphatic carboxylic acids is 1. The van der Waals surface area contributed by atoms with E-state index in [1.165, 1.54) is 0 Å². The highest BCUT2D eigenvalue weighted by Gasteiger charge is 2.24. The van der Waals surface area contributed by atoms with E-state index in [1.54, 1.807) is 0 Å². The Morgan fingerprint density at radius 2 is 1.67 bits per heavy atom. The van der Waals surface area contributed by atoms with Gasteiger partial charge >= 0.3 is 5.97 Å². The molecule has 0 fully saturated rings. The zero-order valence-corrected chi connectivity index (χ0v) is 14.1. The summed E-state index contributed by atoms with van der Waals surface area (Å²) in [5.74, 6) is -1.18. The molecule has 1 unspecified atom stereocenters. The topological polar surface area (TPSA) is 94.8 Å². The second-order valence-electron chi connectivity index (χ2n) is 5.78. The lowest BCUT2D eigenvalue weighted by atomic mass is 9.98. The highest BCUT2D eigenvalue weighted by atomic mass is 31.2. The molecule has 0 aliphatic heterocycles. The molecule has 128 valence electrons. The first kappa shape index (κ1) is 18.4. The number of carboxylic acids is 1. The van der Waals surface area contributed by atoms with Crippen molar-refractivity contribution in [3.05, 3.63) is 60.2 Å². The van der Waals surface area contributed by atoms with E-state index in [4.69, 9.17) is 5.11 Å². The minimum Gasteiger partial charge on any atom is -0.481 e. The van der Waals surface area contributed by atoms with Crippen LogP contribution in [0.4, 0.5) is 0 Å². The molecule has 0 aromatic heterocycles. The van der Waals surface area contributed by atoms with Crippen molar-refractivity contribution in [2.45, 2.75) is 18.9 Å². The molecule has 0 saturated heterocycles. The van der Waals surface area contributed by atoms with E-state index in [9.17, 15) is 19.4 Å². The molecule has 0 bridgehead atoms. The summed E-state index contributed by atoms with van der Waals surface area (Å²) in [6.07, 6.45) is -1.83. The van der Waals surface area contributed by atoms with Crippen LogP contribution in [0.25, 0.3) is 11.1 Å². The molecule has 0 heterocycles. The third-order valence-electron chi connectivity index (χ3n) is 3.74. The van der Waals surface area contributed by atoms with E-state index in [2.05, 4.69) is 0 Å². The van der Waals surface area contributed by atoms with Crippen LogP contribution >= 0.6 is 7.37 Å². The monoisotopic (exact) mass is 348 g/mol. The Kier molecular flexibility index (Phi) is 6.32. The summed E-state index contributed by atoms with van der Waals surface area (Å²) in [7, 11) is -3.60. The molecule has 0 spiro atoms. The minimum absolute atomic E-state index is 0.00747. The summed E-state index contributed by atoms with van der Waals surface area (Å²) in [5.41, 5.74) is 2.99. The fourth-order valence-corrected chi connectivity index (χ4v) is 4.18. The molecule has 3 N–H and O–H groups in total. The van der Waals surface area contributed by atoms with Crippen LogP contribution in [-0.2, 0) is 15.8 Å². The van der Waals surface area contributed by atoms with Gasteiger partial charge in [0.1, 0.15) is 0 Å². The molecule has 0 aliphatic rings. The number of aliphatic hydroxyl groups is 1. The number of aryl methyl sites for hydroxylation is 1. The highest BCUT2D eigenvalue weighted by molar-refractivity contribution is 7.58. The molecule has 24 heavy (non-hydrogen) atoms. The van der Waals surface area contributed by atoms with E-state index >= 15 is 0 Å². The molecule has 2 aromatic rings. The maximum absolute atomic E-state index is 12.2. The predicted octanol–water partition coefficient (Wildman–Crippen LogP) is 3.00. The highest BCUT2D eigenvalue weighted by Crippen LogP contribution is 2.42. The molecule has 0 aliphatic carbocycles. The number of hydrogen-bond acceptors (Lipinski definition) is 3. The maximum Gasteiger partial charge on any atom is 0.305 e. The van der Waals surface area contributed by atoms with Crippen molar-refractivity contribution in [2.24, 2.45) is 0 Å². The third-order valence-corrected chi connectivity index (χ3v) is 5.65.